The van der Waals surface area contributed by atoms with Crippen LogP contribution in [0.25, 0.3) is 0 Å². The van der Waals surface area contributed by atoms with Gasteiger partial charge in [0.25, 0.3) is 5.91 Å². The van der Waals surface area contributed by atoms with Crippen LogP contribution >= 0.6 is 0 Å². The molecule has 0 aliphatic carbocycles. The molecule has 0 aromatic heterocycles. The second-order valence-corrected chi connectivity index (χ2v) is 6.52. The molecule has 3 amide bonds. The van der Waals surface area contributed by atoms with Gasteiger partial charge in [-0.25, -0.2) is 0 Å². The molecular formula is C21H23N3O3. The summed E-state index contributed by atoms with van der Waals surface area (Å²) in [5.74, 6) is -0.695. The maximum Gasteiger partial charge on any atom is 0.251 e. The SMILES string of the molecule is CCNC(=O)c1cccc(CNC(=O)[C@H]2CC(=O)N(c3ccccc3)C2)c1. The van der Waals surface area contributed by atoms with E-state index in [9.17, 15) is 14.4 Å². The Morgan fingerprint density at radius 2 is 1.85 bits per heavy atom. The van der Waals surface area contributed by atoms with Gasteiger partial charge in [0, 0.05) is 37.3 Å². The second kappa shape index (κ2) is 8.49. The third kappa shape index (κ3) is 4.53. The van der Waals surface area contributed by atoms with Crippen molar-refractivity contribution in [3.8, 4) is 0 Å². The van der Waals surface area contributed by atoms with E-state index in [2.05, 4.69) is 10.6 Å². The van der Waals surface area contributed by atoms with Crippen LogP contribution in [0.5, 0.6) is 0 Å². The normalized spacial score (nSPS) is 16.3. The lowest BCUT2D eigenvalue weighted by molar-refractivity contribution is -0.126. The molecule has 3 rings (SSSR count). The smallest absolute Gasteiger partial charge is 0.251 e. The first-order chi connectivity index (χ1) is 13.1. The van der Waals surface area contributed by atoms with Crippen molar-refractivity contribution in [1.82, 2.24) is 10.6 Å². The van der Waals surface area contributed by atoms with Gasteiger partial charge in [-0.05, 0) is 36.8 Å². The number of hydrogen-bond acceptors (Lipinski definition) is 3. The molecular weight excluding hydrogens is 342 g/mol. The van der Waals surface area contributed by atoms with Gasteiger partial charge in [0.1, 0.15) is 0 Å². The summed E-state index contributed by atoms with van der Waals surface area (Å²) >= 11 is 0. The van der Waals surface area contributed by atoms with E-state index >= 15 is 0 Å². The molecule has 1 fully saturated rings. The number of hydrogen-bond donors (Lipinski definition) is 2. The van der Waals surface area contributed by atoms with Crippen molar-refractivity contribution in [1.29, 1.82) is 0 Å². The molecule has 2 aromatic rings. The summed E-state index contributed by atoms with van der Waals surface area (Å²) in [4.78, 5) is 38.3. The summed E-state index contributed by atoms with van der Waals surface area (Å²) in [6.07, 6.45) is 0.208. The molecule has 2 aromatic carbocycles. The van der Waals surface area contributed by atoms with Crippen LogP contribution < -0.4 is 15.5 Å². The highest BCUT2D eigenvalue weighted by molar-refractivity contribution is 6.00. The third-order valence-corrected chi connectivity index (χ3v) is 4.56. The van der Waals surface area contributed by atoms with Gasteiger partial charge < -0.3 is 15.5 Å². The Labute approximate surface area is 158 Å². The summed E-state index contributed by atoms with van der Waals surface area (Å²) in [7, 11) is 0. The van der Waals surface area contributed by atoms with Crippen molar-refractivity contribution < 1.29 is 14.4 Å². The average molecular weight is 365 g/mol. The van der Waals surface area contributed by atoms with Gasteiger partial charge in [0.15, 0.2) is 0 Å². The standard InChI is InChI=1S/C21H23N3O3/c1-2-22-20(26)16-8-6-7-15(11-16)13-23-21(27)17-12-19(25)24(14-17)18-9-4-3-5-10-18/h3-11,17H,2,12-14H2,1H3,(H,22,26)(H,23,27)/t17-/m0/s1. The molecule has 1 heterocycles. The number of carbonyl (C=O) groups excluding carboxylic acids is 3. The molecule has 2 N–H and O–H groups in total. The lowest BCUT2D eigenvalue weighted by Crippen LogP contribution is -2.32. The van der Waals surface area contributed by atoms with Crippen LogP contribution in [0.4, 0.5) is 5.69 Å². The van der Waals surface area contributed by atoms with Crippen LogP contribution in [0.1, 0.15) is 29.3 Å². The molecule has 6 heteroatoms. The molecule has 0 radical (unpaired) electrons. The van der Waals surface area contributed by atoms with Gasteiger partial charge in [-0.3, -0.25) is 14.4 Å². The van der Waals surface area contributed by atoms with E-state index in [1.165, 1.54) is 0 Å². The Morgan fingerprint density at radius 3 is 2.59 bits per heavy atom. The minimum absolute atomic E-state index is 0.0421. The molecule has 27 heavy (non-hydrogen) atoms. The Kier molecular flexibility index (Phi) is 5.86. The Bertz CT molecular complexity index is 836. The largest absolute Gasteiger partial charge is 0.352 e. The van der Waals surface area contributed by atoms with Crippen molar-refractivity contribution in [3.05, 3.63) is 65.7 Å². The van der Waals surface area contributed by atoms with E-state index in [1.807, 2.05) is 43.3 Å². The minimum Gasteiger partial charge on any atom is -0.352 e. The van der Waals surface area contributed by atoms with Crippen molar-refractivity contribution in [2.75, 3.05) is 18.0 Å². The summed E-state index contributed by atoms with van der Waals surface area (Å²) in [6.45, 7) is 3.13. The summed E-state index contributed by atoms with van der Waals surface area (Å²) in [5, 5.41) is 5.64. The number of benzene rings is 2. The van der Waals surface area contributed by atoms with Gasteiger partial charge in [-0.15, -0.1) is 0 Å². The molecule has 0 saturated carbocycles. The van der Waals surface area contributed by atoms with E-state index in [0.29, 0.717) is 25.2 Å². The van der Waals surface area contributed by atoms with E-state index in [1.54, 1.807) is 23.1 Å². The highest BCUT2D eigenvalue weighted by atomic mass is 16.2. The number of nitrogens with zero attached hydrogens (tertiary/aromatic N) is 1. The lowest BCUT2D eigenvalue weighted by atomic mass is 10.1. The monoisotopic (exact) mass is 365 g/mol. The zero-order valence-electron chi connectivity index (χ0n) is 15.3. The predicted octanol–water partition coefficient (Wildman–Crippen LogP) is 2.11. The third-order valence-electron chi connectivity index (χ3n) is 4.56. The maximum atomic E-state index is 12.5. The second-order valence-electron chi connectivity index (χ2n) is 6.52. The van der Waals surface area contributed by atoms with E-state index in [0.717, 1.165) is 11.3 Å². The molecule has 1 saturated heterocycles. The number of carbonyl (C=O) groups is 3. The predicted molar refractivity (Wildman–Crippen MR) is 103 cm³/mol. The lowest BCUT2D eigenvalue weighted by Gasteiger charge is -2.16. The number of para-hydroxylation sites is 1. The highest BCUT2D eigenvalue weighted by Crippen LogP contribution is 2.24. The van der Waals surface area contributed by atoms with Gasteiger partial charge in [0.2, 0.25) is 11.8 Å². The van der Waals surface area contributed by atoms with Crippen molar-refractivity contribution >= 4 is 23.4 Å². The van der Waals surface area contributed by atoms with Crippen LogP contribution in [-0.4, -0.2) is 30.8 Å². The fourth-order valence-corrected chi connectivity index (χ4v) is 3.16. The van der Waals surface area contributed by atoms with Crippen LogP contribution in [0, 0.1) is 5.92 Å². The zero-order chi connectivity index (χ0) is 19.2. The van der Waals surface area contributed by atoms with Crippen molar-refractivity contribution in [3.63, 3.8) is 0 Å². The average Bonchev–Trinajstić information content (AvgIpc) is 3.09. The van der Waals surface area contributed by atoms with Crippen molar-refractivity contribution in [2.24, 2.45) is 5.92 Å². The molecule has 140 valence electrons. The Hall–Kier alpha value is -3.15. The van der Waals surface area contributed by atoms with E-state index in [4.69, 9.17) is 0 Å². The van der Waals surface area contributed by atoms with E-state index < -0.39 is 0 Å². The molecule has 1 atom stereocenters. The molecule has 0 bridgehead atoms. The molecule has 6 nitrogen and oxygen atoms in total. The number of rotatable bonds is 6. The molecule has 0 unspecified atom stereocenters. The highest BCUT2D eigenvalue weighted by Gasteiger charge is 2.34. The molecule has 1 aliphatic rings. The first-order valence-electron chi connectivity index (χ1n) is 9.08. The number of anilines is 1. The number of nitrogens with one attached hydrogen (secondary N) is 2. The Morgan fingerprint density at radius 1 is 1.07 bits per heavy atom. The van der Waals surface area contributed by atoms with Crippen molar-refractivity contribution in [2.45, 2.75) is 19.9 Å². The Balaban J connectivity index is 1.58. The fraction of sp³-hybridized carbons (Fsp3) is 0.286. The minimum atomic E-state index is -0.371. The van der Waals surface area contributed by atoms with Gasteiger partial charge in [-0.2, -0.15) is 0 Å². The van der Waals surface area contributed by atoms with Gasteiger partial charge >= 0.3 is 0 Å². The van der Waals surface area contributed by atoms with Crippen LogP contribution in [0.15, 0.2) is 54.6 Å². The molecule has 1 aliphatic heterocycles. The molecule has 0 spiro atoms. The summed E-state index contributed by atoms with van der Waals surface area (Å²) < 4.78 is 0. The number of amides is 3. The van der Waals surface area contributed by atoms with Gasteiger partial charge in [0.05, 0.1) is 5.92 Å². The first kappa shape index (κ1) is 18.6. The zero-order valence-corrected chi connectivity index (χ0v) is 15.3. The fourth-order valence-electron chi connectivity index (χ4n) is 3.16. The summed E-state index contributed by atoms with van der Waals surface area (Å²) in [6, 6.07) is 16.5. The van der Waals surface area contributed by atoms with Gasteiger partial charge in [-0.1, -0.05) is 30.3 Å². The summed E-state index contributed by atoms with van der Waals surface area (Å²) in [5.41, 5.74) is 2.22. The van der Waals surface area contributed by atoms with Crippen LogP contribution in [0.2, 0.25) is 0 Å². The quantitative estimate of drug-likeness (QED) is 0.823. The van der Waals surface area contributed by atoms with E-state index in [-0.39, 0.29) is 30.1 Å². The van der Waals surface area contributed by atoms with Crippen LogP contribution in [0.3, 0.4) is 0 Å². The topological polar surface area (TPSA) is 78.5 Å². The maximum absolute atomic E-state index is 12.5. The first-order valence-corrected chi connectivity index (χ1v) is 9.08. The van der Waals surface area contributed by atoms with Crippen LogP contribution in [-0.2, 0) is 16.1 Å².